The minimum Gasteiger partial charge on any atom is -0.457 e. The lowest BCUT2D eigenvalue weighted by atomic mass is 10.0. The van der Waals surface area contributed by atoms with Crippen LogP contribution < -0.4 is 0 Å². The van der Waals surface area contributed by atoms with Gasteiger partial charge in [-0.05, 0) is 140 Å². The molecule has 2 aromatic heterocycles. The molecule has 2 heterocycles. The minimum absolute atomic E-state index is 0.0777. The smallest absolute Gasteiger partial charge is 0.333 e. The van der Waals surface area contributed by atoms with Gasteiger partial charge < -0.3 is 4.74 Å². The van der Waals surface area contributed by atoms with Gasteiger partial charge in [-0.2, -0.15) is 0 Å². The molecule has 0 unspecified atom stereocenters. The zero-order valence-electron chi connectivity index (χ0n) is 25.2. The first-order valence-corrected chi connectivity index (χ1v) is 15.9. The Bertz CT molecular complexity index is 1750. The van der Waals surface area contributed by atoms with E-state index in [0.717, 1.165) is 69.1 Å². The van der Waals surface area contributed by atoms with Crippen LogP contribution in [0.3, 0.4) is 0 Å². The molecule has 0 radical (unpaired) electrons. The maximum absolute atomic E-state index is 12.3. The number of hydrogen-bond acceptors (Lipinski definition) is 6. The number of ether oxygens (including phenoxy) is 1. The monoisotopic (exact) mass is 798 g/mol. The van der Waals surface area contributed by atoms with Crippen LogP contribution in [0.4, 0.5) is 0 Å². The number of aromatic nitrogens is 6. The maximum atomic E-state index is 12.3. The number of hydrogen-bond donors (Lipinski definition) is 0. The second kappa shape index (κ2) is 12.3. The van der Waals surface area contributed by atoms with E-state index in [4.69, 9.17) is 4.74 Å². The summed E-state index contributed by atoms with van der Waals surface area (Å²) >= 11 is 4.60. The van der Waals surface area contributed by atoms with Gasteiger partial charge >= 0.3 is 5.97 Å². The summed E-state index contributed by atoms with van der Waals surface area (Å²) in [5, 5.41) is 18.3. The highest BCUT2D eigenvalue weighted by molar-refractivity contribution is 14.1. The first kappa shape index (κ1) is 31.0. The van der Waals surface area contributed by atoms with Gasteiger partial charge in [0.2, 0.25) is 0 Å². The van der Waals surface area contributed by atoms with E-state index in [9.17, 15) is 4.79 Å². The third kappa shape index (κ3) is 6.17. The average Bonchev–Trinajstić information content (AvgIpc) is 3.48. The van der Waals surface area contributed by atoms with E-state index in [0.29, 0.717) is 5.57 Å². The van der Waals surface area contributed by atoms with Gasteiger partial charge in [0, 0.05) is 16.7 Å². The molecule has 0 bridgehead atoms. The van der Waals surface area contributed by atoms with Crippen molar-refractivity contribution in [1.29, 1.82) is 0 Å². The number of halogens is 2. The van der Waals surface area contributed by atoms with E-state index < -0.39 is 5.97 Å². The lowest BCUT2D eigenvalue weighted by molar-refractivity contribution is -0.140. The fourth-order valence-corrected chi connectivity index (χ4v) is 7.03. The Labute approximate surface area is 278 Å². The molecule has 0 aliphatic rings. The van der Waals surface area contributed by atoms with E-state index in [2.05, 4.69) is 138 Å². The number of carbonyl (C=O) groups is 1. The summed E-state index contributed by atoms with van der Waals surface area (Å²) < 4.78 is 11.1. The van der Waals surface area contributed by atoms with Crippen molar-refractivity contribution in [3.63, 3.8) is 0 Å². The highest BCUT2D eigenvalue weighted by Gasteiger charge is 2.22. The Morgan fingerprint density at radius 1 is 0.721 bits per heavy atom. The predicted molar refractivity (Wildman–Crippen MR) is 186 cm³/mol. The summed E-state index contributed by atoms with van der Waals surface area (Å²) in [5.41, 5.74) is 13.2. The van der Waals surface area contributed by atoms with Crippen LogP contribution in [-0.4, -0.2) is 36.0 Å². The Hall–Kier alpha value is -3.39. The van der Waals surface area contributed by atoms with Crippen LogP contribution in [0, 0.1) is 48.9 Å². The largest absolute Gasteiger partial charge is 0.457 e. The molecule has 10 heteroatoms. The molecule has 0 amide bonds. The summed E-state index contributed by atoms with van der Waals surface area (Å²) in [6.07, 6.45) is 0. The highest BCUT2D eigenvalue weighted by Crippen LogP contribution is 2.34. The Kier molecular flexibility index (Phi) is 8.89. The molecule has 8 nitrogen and oxygen atoms in total. The number of aryl methyl sites for hydroxylation is 6. The van der Waals surface area contributed by atoms with Crippen molar-refractivity contribution in [2.75, 3.05) is 0 Å². The summed E-state index contributed by atoms with van der Waals surface area (Å²) in [6.45, 7) is 17.9. The van der Waals surface area contributed by atoms with Gasteiger partial charge in [-0.1, -0.05) is 52.4 Å². The summed E-state index contributed by atoms with van der Waals surface area (Å²) in [5.74, 6) is -0.441. The molecule has 0 saturated carbocycles. The molecular formula is C33H32I2N6O2. The third-order valence-electron chi connectivity index (χ3n) is 7.18. The number of nitrogens with zero attached hydrogens (tertiary/aromatic N) is 6. The molecule has 0 saturated heterocycles. The van der Waals surface area contributed by atoms with Crippen molar-refractivity contribution in [1.82, 2.24) is 30.0 Å². The molecule has 5 rings (SSSR count). The second-order valence-electron chi connectivity index (χ2n) is 11.1. The van der Waals surface area contributed by atoms with Gasteiger partial charge in [0.1, 0.15) is 25.4 Å². The van der Waals surface area contributed by atoms with Crippen molar-refractivity contribution in [2.45, 2.75) is 55.1 Å². The molecule has 0 N–H and O–H groups in total. The predicted octanol–water partition coefficient (Wildman–Crippen LogP) is 7.86. The minimum atomic E-state index is -0.441. The van der Waals surface area contributed by atoms with Crippen molar-refractivity contribution >= 4 is 51.2 Å². The van der Waals surface area contributed by atoms with E-state index in [-0.39, 0.29) is 6.61 Å². The number of carbonyl (C=O) groups excluding carboxylic acids is 1. The van der Waals surface area contributed by atoms with Gasteiger partial charge in [0.15, 0.2) is 0 Å². The molecule has 0 fully saturated rings. The second-order valence-corrected chi connectivity index (χ2v) is 13.1. The maximum Gasteiger partial charge on any atom is 0.333 e. The van der Waals surface area contributed by atoms with E-state index in [1.165, 1.54) is 11.1 Å². The molecule has 0 aliphatic heterocycles. The van der Waals surface area contributed by atoms with Crippen LogP contribution in [0.15, 0.2) is 54.6 Å². The zero-order chi connectivity index (χ0) is 31.2. The normalized spacial score (nSPS) is 11.2. The van der Waals surface area contributed by atoms with Crippen molar-refractivity contribution in [3.8, 4) is 33.9 Å². The first-order chi connectivity index (χ1) is 20.3. The van der Waals surface area contributed by atoms with Crippen molar-refractivity contribution in [2.24, 2.45) is 0 Å². The number of esters is 1. The Morgan fingerprint density at radius 3 is 1.49 bits per heavy atom. The van der Waals surface area contributed by atoms with Crippen LogP contribution in [0.1, 0.15) is 45.9 Å². The molecule has 3 aromatic carbocycles. The first-order valence-electron chi connectivity index (χ1n) is 13.7. The molecule has 0 aliphatic carbocycles. The SMILES string of the molecule is C=C(C)C(=O)OCc1cc(-c2nnn(-c3c(C)cc(C)cc3C)c2I)cc(-c2nnn(-c3c(C)cc(C)cc3C)c2I)c1. The lowest BCUT2D eigenvalue weighted by Gasteiger charge is -2.13. The number of rotatable bonds is 7. The van der Waals surface area contributed by atoms with Gasteiger partial charge in [0.05, 0.1) is 11.4 Å². The fraction of sp³-hybridized carbons (Fsp3) is 0.242. The van der Waals surface area contributed by atoms with Crippen LogP contribution in [0.2, 0.25) is 0 Å². The fourth-order valence-electron chi connectivity index (χ4n) is 5.51. The Balaban J connectivity index is 1.64. The lowest BCUT2D eigenvalue weighted by Crippen LogP contribution is -2.06. The average molecular weight is 798 g/mol. The third-order valence-corrected chi connectivity index (χ3v) is 9.12. The molecule has 5 aromatic rings. The standard InChI is InChI=1S/C33H32I2N6O2/c1-17(2)33(42)43-16-24-13-25(27-31(34)40(38-36-27)29-20(5)9-18(3)10-21(29)6)15-26(14-24)28-32(35)41(39-37-28)30-22(7)11-19(4)12-23(30)8/h9-15H,1,16H2,2-8H3. The van der Waals surface area contributed by atoms with Crippen LogP contribution in [-0.2, 0) is 16.1 Å². The molecule has 0 spiro atoms. The molecule has 43 heavy (non-hydrogen) atoms. The Morgan fingerprint density at radius 2 is 1.12 bits per heavy atom. The molecule has 220 valence electrons. The highest BCUT2D eigenvalue weighted by atomic mass is 127. The molecular weight excluding hydrogens is 766 g/mol. The van der Waals surface area contributed by atoms with Crippen LogP contribution in [0.25, 0.3) is 33.9 Å². The molecule has 0 atom stereocenters. The van der Waals surface area contributed by atoms with Crippen LogP contribution in [0.5, 0.6) is 0 Å². The quantitative estimate of drug-likeness (QED) is 0.0948. The summed E-state index contributed by atoms with van der Waals surface area (Å²) in [4.78, 5) is 12.3. The van der Waals surface area contributed by atoms with Crippen LogP contribution >= 0.6 is 45.2 Å². The summed E-state index contributed by atoms with van der Waals surface area (Å²) in [7, 11) is 0. The van der Waals surface area contributed by atoms with Gasteiger partial charge in [-0.25, -0.2) is 14.2 Å². The van der Waals surface area contributed by atoms with E-state index >= 15 is 0 Å². The topological polar surface area (TPSA) is 87.7 Å². The number of benzene rings is 3. The van der Waals surface area contributed by atoms with Gasteiger partial charge in [-0.15, -0.1) is 10.2 Å². The zero-order valence-corrected chi connectivity index (χ0v) is 29.5. The van der Waals surface area contributed by atoms with Gasteiger partial charge in [-0.3, -0.25) is 0 Å². The van der Waals surface area contributed by atoms with Crippen molar-refractivity contribution in [3.05, 3.63) is 101 Å². The van der Waals surface area contributed by atoms with E-state index in [1.54, 1.807) is 6.92 Å². The van der Waals surface area contributed by atoms with Gasteiger partial charge in [0.25, 0.3) is 0 Å². The van der Waals surface area contributed by atoms with E-state index in [1.807, 2.05) is 27.6 Å². The van der Waals surface area contributed by atoms with Crippen molar-refractivity contribution < 1.29 is 9.53 Å². The summed E-state index contributed by atoms with van der Waals surface area (Å²) in [6, 6.07) is 14.6.